The molecular formula is C16H17Br2NO. The third-order valence-corrected chi connectivity index (χ3v) is 4.86. The van der Waals surface area contributed by atoms with Crippen molar-refractivity contribution in [2.45, 2.75) is 19.4 Å². The monoisotopic (exact) mass is 397 g/mol. The molecule has 0 heterocycles. The Morgan fingerprint density at radius 1 is 1.15 bits per heavy atom. The quantitative estimate of drug-likeness (QED) is 0.804. The molecule has 2 aromatic rings. The highest BCUT2D eigenvalue weighted by atomic mass is 79.9. The van der Waals surface area contributed by atoms with Crippen LogP contribution in [0.2, 0.25) is 0 Å². The lowest BCUT2D eigenvalue weighted by molar-refractivity contribution is 0.412. The van der Waals surface area contributed by atoms with E-state index in [9.17, 15) is 0 Å². The van der Waals surface area contributed by atoms with Gasteiger partial charge in [0.15, 0.2) is 0 Å². The fourth-order valence-electron chi connectivity index (χ4n) is 2.23. The summed E-state index contributed by atoms with van der Waals surface area (Å²) >= 11 is 7.06. The van der Waals surface area contributed by atoms with Gasteiger partial charge in [-0.25, -0.2) is 0 Å². The smallest absolute Gasteiger partial charge is 0.133 e. The first-order valence-electron chi connectivity index (χ1n) is 6.36. The Balaban J connectivity index is 2.21. The van der Waals surface area contributed by atoms with Gasteiger partial charge >= 0.3 is 0 Å². The van der Waals surface area contributed by atoms with E-state index in [-0.39, 0.29) is 6.04 Å². The normalized spacial score (nSPS) is 12.2. The molecule has 0 saturated heterocycles. The van der Waals surface area contributed by atoms with Gasteiger partial charge in [0.05, 0.1) is 11.6 Å². The molecule has 1 atom stereocenters. The van der Waals surface area contributed by atoms with E-state index in [0.29, 0.717) is 0 Å². The maximum Gasteiger partial charge on any atom is 0.133 e. The van der Waals surface area contributed by atoms with Crippen molar-refractivity contribution in [2.24, 2.45) is 5.73 Å². The number of nitrogens with two attached hydrogens (primary N) is 1. The number of methoxy groups -OCH3 is 1. The molecule has 0 saturated carbocycles. The molecule has 0 aromatic heterocycles. The summed E-state index contributed by atoms with van der Waals surface area (Å²) in [6, 6.07) is 12.2. The molecule has 0 aliphatic carbocycles. The first kappa shape index (κ1) is 15.5. The molecule has 106 valence electrons. The highest BCUT2D eigenvalue weighted by molar-refractivity contribution is 9.10. The molecule has 0 fully saturated rings. The fraction of sp³-hybridized carbons (Fsp3) is 0.250. The van der Waals surface area contributed by atoms with Crippen LogP contribution in [-0.2, 0) is 6.42 Å². The van der Waals surface area contributed by atoms with Crippen molar-refractivity contribution in [1.82, 2.24) is 0 Å². The van der Waals surface area contributed by atoms with Crippen molar-refractivity contribution in [3.63, 3.8) is 0 Å². The predicted octanol–water partition coefficient (Wildman–Crippen LogP) is 4.77. The summed E-state index contributed by atoms with van der Waals surface area (Å²) in [6.45, 7) is 2.09. The van der Waals surface area contributed by atoms with E-state index in [1.165, 1.54) is 16.7 Å². The fourth-order valence-corrected chi connectivity index (χ4v) is 3.20. The lowest BCUT2D eigenvalue weighted by Crippen LogP contribution is -2.14. The Hall–Kier alpha value is -0.840. The van der Waals surface area contributed by atoms with Gasteiger partial charge in [-0.1, -0.05) is 34.1 Å². The Labute approximate surface area is 136 Å². The summed E-state index contributed by atoms with van der Waals surface area (Å²) in [7, 11) is 1.66. The Morgan fingerprint density at radius 2 is 1.90 bits per heavy atom. The van der Waals surface area contributed by atoms with Gasteiger partial charge < -0.3 is 10.5 Å². The molecule has 0 aliphatic rings. The van der Waals surface area contributed by atoms with Crippen LogP contribution in [0.3, 0.4) is 0 Å². The lowest BCUT2D eigenvalue weighted by atomic mass is 9.96. The summed E-state index contributed by atoms with van der Waals surface area (Å²) in [6.07, 6.45) is 0.792. The van der Waals surface area contributed by atoms with E-state index in [2.05, 4.69) is 57.0 Å². The van der Waals surface area contributed by atoms with Crippen LogP contribution in [0.4, 0.5) is 0 Å². The second kappa shape index (κ2) is 6.74. The zero-order valence-electron chi connectivity index (χ0n) is 11.5. The van der Waals surface area contributed by atoms with Gasteiger partial charge in [-0.15, -0.1) is 0 Å². The average molecular weight is 399 g/mol. The second-order valence-electron chi connectivity index (χ2n) is 4.73. The van der Waals surface area contributed by atoms with Crippen LogP contribution >= 0.6 is 31.9 Å². The number of halogens is 2. The van der Waals surface area contributed by atoms with E-state index in [4.69, 9.17) is 10.5 Å². The molecular weight excluding hydrogens is 382 g/mol. The van der Waals surface area contributed by atoms with Gasteiger partial charge in [-0.2, -0.15) is 0 Å². The van der Waals surface area contributed by atoms with Gasteiger partial charge in [-0.05, 0) is 64.2 Å². The highest BCUT2D eigenvalue weighted by Gasteiger charge is 2.12. The van der Waals surface area contributed by atoms with Crippen LogP contribution in [-0.4, -0.2) is 7.11 Å². The minimum atomic E-state index is -0.0206. The van der Waals surface area contributed by atoms with Crippen molar-refractivity contribution in [3.8, 4) is 5.75 Å². The first-order valence-corrected chi connectivity index (χ1v) is 7.94. The molecule has 1 unspecified atom stereocenters. The zero-order chi connectivity index (χ0) is 14.7. The van der Waals surface area contributed by atoms with Crippen LogP contribution in [0.1, 0.15) is 22.7 Å². The van der Waals surface area contributed by atoms with Gasteiger partial charge in [0.25, 0.3) is 0 Å². The topological polar surface area (TPSA) is 35.2 Å². The molecule has 0 bridgehead atoms. The molecule has 0 aliphatic heterocycles. The number of hydrogen-bond acceptors (Lipinski definition) is 2. The molecule has 2 aromatic carbocycles. The zero-order valence-corrected chi connectivity index (χ0v) is 14.7. The Bertz CT molecular complexity index is 613. The van der Waals surface area contributed by atoms with Gasteiger partial charge in [0.2, 0.25) is 0 Å². The van der Waals surface area contributed by atoms with E-state index >= 15 is 0 Å². The average Bonchev–Trinajstić information content (AvgIpc) is 2.42. The second-order valence-corrected chi connectivity index (χ2v) is 6.44. The SMILES string of the molecule is COc1ccc(CC(N)c2cccc(Br)c2C)cc1Br. The number of hydrogen-bond donors (Lipinski definition) is 1. The van der Waals surface area contributed by atoms with Crippen LogP contribution < -0.4 is 10.5 Å². The predicted molar refractivity (Wildman–Crippen MR) is 90.2 cm³/mol. The van der Waals surface area contributed by atoms with Crippen LogP contribution in [0, 0.1) is 6.92 Å². The molecule has 0 spiro atoms. The van der Waals surface area contributed by atoms with Crippen molar-refractivity contribution >= 4 is 31.9 Å². The minimum absolute atomic E-state index is 0.0206. The number of rotatable bonds is 4. The molecule has 0 amide bonds. The third kappa shape index (κ3) is 3.43. The largest absolute Gasteiger partial charge is 0.496 e. The summed E-state index contributed by atoms with van der Waals surface area (Å²) < 4.78 is 7.29. The summed E-state index contributed by atoms with van der Waals surface area (Å²) in [5, 5.41) is 0. The third-order valence-electron chi connectivity index (χ3n) is 3.38. The first-order chi connectivity index (χ1) is 9.52. The van der Waals surface area contributed by atoms with Crippen LogP contribution in [0.5, 0.6) is 5.75 Å². The van der Waals surface area contributed by atoms with E-state index in [1.807, 2.05) is 18.2 Å². The number of ether oxygens (including phenoxy) is 1. The molecule has 2 rings (SSSR count). The van der Waals surface area contributed by atoms with Gasteiger partial charge in [0, 0.05) is 10.5 Å². The van der Waals surface area contributed by atoms with Crippen molar-refractivity contribution in [3.05, 3.63) is 62.0 Å². The molecule has 4 heteroatoms. The summed E-state index contributed by atoms with van der Waals surface area (Å²) in [4.78, 5) is 0. The van der Waals surface area contributed by atoms with Crippen LogP contribution in [0.25, 0.3) is 0 Å². The molecule has 2 nitrogen and oxygen atoms in total. The van der Waals surface area contributed by atoms with E-state index in [1.54, 1.807) is 7.11 Å². The summed E-state index contributed by atoms with van der Waals surface area (Å²) in [5.74, 6) is 0.834. The lowest BCUT2D eigenvalue weighted by Gasteiger charge is -2.16. The van der Waals surface area contributed by atoms with E-state index < -0.39 is 0 Å². The van der Waals surface area contributed by atoms with Gasteiger partial charge in [-0.3, -0.25) is 0 Å². The maximum atomic E-state index is 6.35. The Morgan fingerprint density at radius 3 is 2.55 bits per heavy atom. The number of benzene rings is 2. The van der Waals surface area contributed by atoms with E-state index in [0.717, 1.165) is 21.1 Å². The maximum absolute atomic E-state index is 6.35. The van der Waals surface area contributed by atoms with Crippen LogP contribution in [0.15, 0.2) is 45.3 Å². The minimum Gasteiger partial charge on any atom is -0.496 e. The molecule has 20 heavy (non-hydrogen) atoms. The highest BCUT2D eigenvalue weighted by Crippen LogP contribution is 2.29. The van der Waals surface area contributed by atoms with Gasteiger partial charge in [0.1, 0.15) is 5.75 Å². The van der Waals surface area contributed by atoms with Crippen molar-refractivity contribution in [2.75, 3.05) is 7.11 Å². The standard InChI is InChI=1S/C16H17Br2NO/c1-10-12(4-3-5-13(10)17)15(19)9-11-6-7-16(20-2)14(18)8-11/h3-8,15H,9,19H2,1-2H3. The van der Waals surface area contributed by atoms with Crippen molar-refractivity contribution < 1.29 is 4.74 Å². The Kier molecular flexibility index (Phi) is 5.24. The van der Waals surface area contributed by atoms with Crippen molar-refractivity contribution in [1.29, 1.82) is 0 Å². The molecule has 0 radical (unpaired) electrons. The summed E-state index contributed by atoms with van der Waals surface area (Å²) in [5.41, 5.74) is 9.91. The molecule has 2 N–H and O–H groups in total.